The molecule has 1 N–H and O–H groups in total. The van der Waals surface area contributed by atoms with Gasteiger partial charge < -0.3 is 10.2 Å². The van der Waals surface area contributed by atoms with E-state index in [0.717, 1.165) is 54.6 Å². The second-order valence-electron chi connectivity index (χ2n) is 8.86. The smallest absolute Gasteiger partial charge is 0.272 e. The summed E-state index contributed by atoms with van der Waals surface area (Å²) in [6.45, 7) is 4.31. The Morgan fingerprint density at radius 2 is 1.64 bits per heavy atom. The van der Waals surface area contributed by atoms with Crippen molar-refractivity contribution in [2.45, 2.75) is 71.4 Å². The summed E-state index contributed by atoms with van der Waals surface area (Å²) in [5.74, 6) is -0.378. The van der Waals surface area contributed by atoms with Gasteiger partial charge in [-0.25, -0.2) is 4.99 Å². The van der Waals surface area contributed by atoms with Crippen molar-refractivity contribution in [3.8, 4) is 0 Å². The first-order valence-electron chi connectivity index (χ1n) is 12.4. The summed E-state index contributed by atoms with van der Waals surface area (Å²) in [4.78, 5) is 33.0. The number of unbranched alkanes of at least 4 members (excludes halogenated alkanes) is 4. The van der Waals surface area contributed by atoms with Gasteiger partial charge in [0.1, 0.15) is 0 Å². The fourth-order valence-electron chi connectivity index (χ4n) is 4.44. The second kappa shape index (κ2) is 12.3. The molecule has 176 valence electrons. The molecule has 1 heterocycles. The molecule has 5 heteroatoms. The second-order valence-corrected chi connectivity index (χ2v) is 8.86. The third-order valence-corrected chi connectivity index (χ3v) is 6.33. The van der Waals surface area contributed by atoms with E-state index < -0.39 is 6.17 Å². The van der Waals surface area contributed by atoms with E-state index in [9.17, 15) is 9.59 Å². The highest BCUT2D eigenvalue weighted by molar-refractivity contribution is 6.20. The maximum absolute atomic E-state index is 13.3. The van der Waals surface area contributed by atoms with Gasteiger partial charge in [-0.1, -0.05) is 101 Å². The van der Waals surface area contributed by atoms with Crippen LogP contribution >= 0.6 is 0 Å². The van der Waals surface area contributed by atoms with Gasteiger partial charge in [0.2, 0.25) is 12.1 Å². The number of carbonyl (C=O) groups excluding carboxylic acids is 2. The minimum absolute atomic E-state index is 0.0683. The van der Waals surface area contributed by atoms with Crippen molar-refractivity contribution in [3.63, 3.8) is 0 Å². The summed E-state index contributed by atoms with van der Waals surface area (Å²) < 4.78 is 0. The van der Waals surface area contributed by atoms with Gasteiger partial charge in [-0.2, -0.15) is 0 Å². The first kappa shape index (κ1) is 24.7. The van der Waals surface area contributed by atoms with E-state index in [-0.39, 0.29) is 17.7 Å². The third-order valence-electron chi connectivity index (χ3n) is 6.33. The summed E-state index contributed by atoms with van der Waals surface area (Å²) >= 11 is 0. The Morgan fingerprint density at radius 1 is 0.939 bits per heavy atom. The molecule has 2 unspecified atom stereocenters. The summed E-state index contributed by atoms with van der Waals surface area (Å²) in [5.41, 5.74) is 3.33. The number of nitrogens with zero attached hydrogens (tertiary/aromatic N) is 2. The molecule has 0 aliphatic carbocycles. The fraction of sp³-hybridized carbons (Fsp3) is 0.464. The van der Waals surface area contributed by atoms with Crippen molar-refractivity contribution in [2.24, 2.45) is 10.9 Å². The van der Waals surface area contributed by atoms with Crippen molar-refractivity contribution in [2.75, 3.05) is 11.9 Å². The monoisotopic (exact) mass is 447 g/mol. The lowest BCUT2D eigenvalue weighted by Gasteiger charge is -2.23. The largest absolute Gasteiger partial charge is 0.326 e. The van der Waals surface area contributed by atoms with Crippen LogP contribution in [-0.4, -0.2) is 30.7 Å². The molecule has 0 fully saturated rings. The Bertz CT molecular complexity index is 955. The first-order chi connectivity index (χ1) is 16.1. The van der Waals surface area contributed by atoms with Crippen molar-refractivity contribution in [1.82, 2.24) is 5.32 Å². The molecule has 0 saturated heterocycles. The van der Waals surface area contributed by atoms with Crippen LogP contribution in [0.1, 0.15) is 76.3 Å². The molecular weight excluding hydrogens is 410 g/mol. The number of benzodiazepines with no additional fused rings is 1. The molecule has 0 spiro atoms. The van der Waals surface area contributed by atoms with E-state index in [2.05, 4.69) is 19.2 Å². The summed E-state index contributed by atoms with van der Waals surface area (Å²) in [6.07, 6.45) is 7.54. The molecule has 0 bridgehead atoms. The van der Waals surface area contributed by atoms with E-state index in [0.29, 0.717) is 0 Å². The lowest BCUT2D eigenvalue weighted by Crippen LogP contribution is -2.47. The number of likely N-dealkylation sites (N-methyl/N-ethyl adjacent to an activating group) is 1. The quantitative estimate of drug-likeness (QED) is 0.448. The van der Waals surface area contributed by atoms with Gasteiger partial charge in [0.25, 0.3) is 5.91 Å². The minimum atomic E-state index is -0.940. The molecule has 0 aromatic heterocycles. The van der Waals surface area contributed by atoms with Crippen LogP contribution in [0.15, 0.2) is 59.6 Å². The molecule has 0 radical (unpaired) electrons. The molecular formula is C28H37N3O2. The molecule has 2 atom stereocenters. The maximum atomic E-state index is 13.3. The van der Waals surface area contributed by atoms with Crippen LogP contribution in [0.2, 0.25) is 0 Å². The highest BCUT2D eigenvalue weighted by atomic mass is 16.2. The number of anilines is 1. The topological polar surface area (TPSA) is 61.8 Å². The average Bonchev–Trinajstić information content (AvgIpc) is 2.94. The van der Waals surface area contributed by atoms with Crippen molar-refractivity contribution in [3.05, 3.63) is 65.7 Å². The van der Waals surface area contributed by atoms with Gasteiger partial charge in [-0.3, -0.25) is 9.59 Å². The Labute approximate surface area is 198 Å². The summed E-state index contributed by atoms with van der Waals surface area (Å²) in [5, 5.41) is 2.99. The summed E-state index contributed by atoms with van der Waals surface area (Å²) in [6, 6.07) is 17.6. The van der Waals surface area contributed by atoms with Gasteiger partial charge in [-0.05, 0) is 18.9 Å². The number of aliphatic imine (C=N–C) groups is 1. The van der Waals surface area contributed by atoms with Crippen LogP contribution in [-0.2, 0) is 9.59 Å². The number of nitrogens with one attached hydrogen (secondary N) is 1. The number of amides is 2. The third kappa shape index (κ3) is 6.31. The molecule has 2 aromatic carbocycles. The average molecular weight is 448 g/mol. The molecule has 2 amide bonds. The minimum Gasteiger partial charge on any atom is -0.326 e. The normalized spacial score (nSPS) is 16.6. The predicted octanol–water partition coefficient (Wildman–Crippen LogP) is 5.72. The maximum Gasteiger partial charge on any atom is 0.272 e. The van der Waals surface area contributed by atoms with Crippen molar-refractivity contribution in [1.29, 1.82) is 0 Å². The highest BCUT2D eigenvalue weighted by Gasteiger charge is 2.32. The molecule has 1 aliphatic rings. The van der Waals surface area contributed by atoms with E-state index >= 15 is 0 Å². The number of hydrogen-bond acceptors (Lipinski definition) is 3. The molecule has 3 rings (SSSR count). The van der Waals surface area contributed by atoms with Crippen LogP contribution in [0.3, 0.4) is 0 Å². The van der Waals surface area contributed by atoms with Crippen LogP contribution in [0.25, 0.3) is 0 Å². The number of fused-ring (bicyclic) bond motifs is 1. The zero-order chi connectivity index (χ0) is 23.6. The molecule has 0 saturated carbocycles. The van der Waals surface area contributed by atoms with Gasteiger partial charge in [-0.15, -0.1) is 0 Å². The van der Waals surface area contributed by atoms with Crippen molar-refractivity contribution >= 4 is 23.2 Å². The number of rotatable bonds is 11. The molecule has 2 aromatic rings. The van der Waals surface area contributed by atoms with Crippen LogP contribution in [0.5, 0.6) is 0 Å². The van der Waals surface area contributed by atoms with E-state index in [1.165, 1.54) is 19.3 Å². The van der Waals surface area contributed by atoms with E-state index in [1.807, 2.05) is 54.6 Å². The number of hydrogen-bond donors (Lipinski definition) is 1. The molecule has 1 aliphatic heterocycles. The van der Waals surface area contributed by atoms with Gasteiger partial charge in [0, 0.05) is 24.1 Å². The van der Waals surface area contributed by atoms with Crippen molar-refractivity contribution < 1.29 is 9.59 Å². The van der Waals surface area contributed by atoms with Crippen LogP contribution in [0.4, 0.5) is 5.69 Å². The fourth-order valence-corrected chi connectivity index (χ4v) is 4.44. The lowest BCUT2D eigenvalue weighted by molar-refractivity contribution is -0.130. The van der Waals surface area contributed by atoms with E-state index in [1.54, 1.807) is 11.9 Å². The Kier molecular flexibility index (Phi) is 9.23. The van der Waals surface area contributed by atoms with Crippen LogP contribution < -0.4 is 10.2 Å². The Hall–Kier alpha value is -2.95. The standard InChI is InChI=1S/C28H37N3O2/c1-4-6-7-8-10-18-22(15-5-2)27(32)30-26-28(33)31(3)24-20-14-13-19-23(24)25(29-26)21-16-11-9-12-17-21/h9,11-14,16-17,19-20,22,26H,4-8,10,15,18H2,1-3H3,(H,30,32). The SMILES string of the molecule is CCCCCCCC(CCC)C(=O)NC1N=C(c2ccccc2)c2ccccc2N(C)C1=O. The molecule has 33 heavy (non-hydrogen) atoms. The Balaban J connectivity index is 1.85. The van der Waals surface area contributed by atoms with E-state index in [4.69, 9.17) is 4.99 Å². The lowest BCUT2D eigenvalue weighted by atomic mass is 9.95. The van der Waals surface area contributed by atoms with Gasteiger partial charge in [0.05, 0.1) is 11.4 Å². The zero-order valence-electron chi connectivity index (χ0n) is 20.2. The summed E-state index contributed by atoms with van der Waals surface area (Å²) in [7, 11) is 1.75. The van der Waals surface area contributed by atoms with Crippen LogP contribution in [0, 0.1) is 5.92 Å². The highest BCUT2D eigenvalue weighted by Crippen LogP contribution is 2.27. The van der Waals surface area contributed by atoms with Gasteiger partial charge in [0.15, 0.2) is 0 Å². The zero-order valence-corrected chi connectivity index (χ0v) is 20.2. The first-order valence-corrected chi connectivity index (χ1v) is 12.4. The molecule has 5 nitrogen and oxygen atoms in total. The number of carbonyl (C=O) groups is 2. The van der Waals surface area contributed by atoms with Gasteiger partial charge >= 0.3 is 0 Å². The Morgan fingerprint density at radius 3 is 2.36 bits per heavy atom. The number of benzene rings is 2. The number of para-hydroxylation sites is 1. The predicted molar refractivity (Wildman–Crippen MR) is 136 cm³/mol.